The maximum absolute atomic E-state index is 12.5. The molecule has 1 aromatic rings. The van der Waals surface area contributed by atoms with Crippen molar-refractivity contribution in [1.82, 2.24) is 14.7 Å². The van der Waals surface area contributed by atoms with Crippen LogP contribution in [0.3, 0.4) is 0 Å². The zero-order valence-corrected chi connectivity index (χ0v) is 12.1. The van der Waals surface area contributed by atoms with E-state index in [2.05, 4.69) is 5.10 Å². The summed E-state index contributed by atoms with van der Waals surface area (Å²) >= 11 is 0. The van der Waals surface area contributed by atoms with E-state index in [9.17, 15) is 9.59 Å². The first-order chi connectivity index (χ1) is 9.58. The standard InChI is InChI=1S/C15H21N3O2/c1-10(2)17-8-4-6-12(15(17)20)18-9-11-5-3-7-13(19)14(11)16-18/h9-10,12H,3-8H2,1-2H3. The number of aryl methyl sites for hydroxylation is 1. The van der Waals surface area contributed by atoms with Crippen molar-refractivity contribution < 1.29 is 9.59 Å². The Morgan fingerprint density at radius 3 is 2.75 bits per heavy atom. The van der Waals surface area contributed by atoms with Crippen LogP contribution in [0.15, 0.2) is 6.20 Å². The molecule has 108 valence electrons. The molecule has 1 atom stereocenters. The number of carbonyl (C=O) groups excluding carboxylic acids is 2. The van der Waals surface area contributed by atoms with Crippen LogP contribution in [0.25, 0.3) is 0 Å². The molecule has 0 spiro atoms. The maximum atomic E-state index is 12.5. The molecule has 1 saturated heterocycles. The van der Waals surface area contributed by atoms with Crippen LogP contribution < -0.4 is 0 Å². The van der Waals surface area contributed by atoms with E-state index >= 15 is 0 Å². The summed E-state index contributed by atoms with van der Waals surface area (Å²) in [6.07, 6.45) is 6.10. The number of fused-ring (bicyclic) bond motifs is 1. The third-order valence-corrected chi connectivity index (χ3v) is 4.31. The van der Waals surface area contributed by atoms with Crippen molar-refractivity contribution in [3.63, 3.8) is 0 Å². The second-order valence-corrected chi connectivity index (χ2v) is 6.04. The predicted octanol–water partition coefficient (Wildman–Crippen LogP) is 1.97. The van der Waals surface area contributed by atoms with E-state index in [1.54, 1.807) is 4.68 Å². The molecule has 1 unspecified atom stereocenters. The fourth-order valence-electron chi connectivity index (χ4n) is 3.20. The number of carbonyl (C=O) groups is 2. The summed E-state index contributed by atoms with van der Waals surface area (Å²) in [7, 11) is 0. The van der Waals surface area contributed by atoms with Crippen molar-refractivity contribution in [1.29, 1.82) is 0 Å². The number of likely N-dealkylation sites (tertiary alicyclic amines) is 1. The highest BCUT2D eigenvalue weighted by Crippen LogP contribution is 2.27. The van der Waals surface area contributed by atoms with E-state index in [4.69, 9.17) is 0 Å². The van der Waals surface area contributed by atoms with Crippen molar-refractivity contribution >= 4 is 11.7 Å². The minimum atomic E-state index is -0.232. The van der Waals surface area contributed by atoms with Crippen LogP contribution in [0, 0.1) is 0 Å². The van der Waals surface area contributed by atoms with Gasteiger partial charge in [0.2, 0.25) is 5.91 Å². The van der Waals surface area contributed by atoms with E-state index in [1.165, 1.54) is 0 Å². The van der Waals surface area contributed by atoms with Gasteiger partial charge in [0.1, 0.15) is 11.7 Å². The van der Waals surface area contributed by atoms with E-state index in [0.717, 1.165) is 37.8 Å². The fourth-order valence-corrected chi connectivity index (χ4v) is 3.20. The number of hydrogen-bond acceptors (Lipinski definition) is 3. The predicted molar refractivity (Wildman–Crippen MR) is 74.6 cm³/mol. The molecule has 0 radical (unpaired) electrons. The lowest BCUT2D eigenvalue weighted by Gasteiger charge is -2.35. The van der Waals surface area contributed by atoms with E-state index < -0.39 is 0 Å². The van der Waals surface area contributed by atoms with Gasteiger partial charge in [-0.25, -0.2) is 0 Å². The summed E-state index contributed by atoms with van der Waals surface area (Å²) in [5, 5.41) is 4.42. The highest BCUT2D eigenvalue weighted by molar-refractivity contribution is 5.96. The van der Waals surface area contributed by atoms with E-state index in [-0.39, 0.29) is 23.8 Å². The van der Waals surface area contributed by atoms with Gasteiger partial charge < -0.3 is 4.90 Å². The molecule has 1 aliphatic heterocycles. The molecule has 1 fully saturated rings. The summed E-state index contributed by atoms with van der Waals surface area (Å²) in [6.45, 7) is 4.91. The Bertz CT molecular complexity index is 547. The second kappa shape index (κ2) is 5.04. The second-order valence-electron chi connectivity index (χ2n) is 6.04. The molecule has 0 bridgehead atoms. The molecule has 3 rings (SSSR count). The first-order valence-electron chi connectivity index (χ1n) is 7.49. The largest absolute Gasteiger partial charge is 0.338 e. The SMILES string of the molecule is CC(C)N1CCCC(n2cc3c(n2)C(=O)CCC3)C1=O. The van der Waals surface area contributed by atoms with Gasteiger partial charge in [-0.15, -0.1) is 0 Å². The van der Waals surface area contributed by atoms with Crippen LogP contribution in [-0.4, -0.2) is 39.0 Å². The van der Waals surface area contributed by atoms with Crippen LogP contribution in [0.2, 0.25) is 0 Å². The number of nitrogens with zero attached hydrogens (tertiary/aromatic N) is 3. The molecule has 1 aliphatic carbocycles. The molecule has 5 nitrogen and oxygen atoms in total. The van der Waals surface area contributed by atoms with Gasteiger partial charge in [-0.3, -0.25) is 14.3 Å². The third-order valence-electron chi connectivity index (χ3n) is 4.31. The summed E-state index contributed by atoms with van der Waals surface area (Å²) in [6, 6.07) is -0.0123. The molecule has 0 aromatic carbocycles. The van der Waals surface area contributed by atoms with Crippen molar-refractivity contribution in [2.45, 2.75) is 58.0 Å². The number of rotatable bonds is 2. The molecular weight excluding hydrogens is 254 g/mol. The minimum absolute atomic E-state index is 0.119. The minimum Gasteiger partial charge on any atom is -0.338 e. The number of aromatic nitrogens is 2. The van der Waals surface area contributed by atoms with Crippen LogP contribution in [0.5, 0.6) is 0 Å². The molecule has 2 aliphatic rings. The van der Waals surface area contributed by atoms with E-state index in [1.807, 2.05) is 24.9 Å². The number of amides is 1. The lowest BCUT2D eigenvalue weighted by Crippen LogP contribution is -2.45. The Kier molecular flexibility index (Phi) is 3.36. The van der Waals surface area contributed by atoms with Crippen molar-refractivity contribution in [3.05, 3.63) is 17.5 Å². The summed E-state index contributed by atoms with van der Waals surface area (Å²) in [5.41, 5.74) is 1.60. The number of Topliss-reactive ketones (excluding diaryl/α,β-unsaturated/α-hetero) is 1. The smallest absolute Gasteiger partial charge is 0.247 e. The summed E-state index contributed by atoms with van der Waals surface area (Å²) in [4.78, 5) is 26.3. The molecule has 1 amide bonds. The van der Waals surface area contributed by atoms with Gasteiger partial charge in [0.15, 0.2) is 5.78 Å². The van der Waals surface area contributed by atoms with Gasteiger partial charge in [-0.05, 0) is 39.5 Å². The molecule has 0 saturated carbocycles. The van der Waals surface area contributed by atoms with Crippen molar-refractivity contribution in [2.75, 3.05) is 6.54 Å². The van der Waals surface area contributed by atoms with Crippen LogP contribution in [0.4, 0.5) is 0 Å². The number of hydrogen-bond donors (Lipinski definition) is 0. The van der Waals surface area contributed by atoms with E-state index in [0.29, 0.717) is 12.1 Å². The topological polar surface area (TPSA) is 55.2 Å². The molecular formula is C15H21N3O2. The van der Waals surface area contributed by atoms with Gasteiger partial charge in [-0.2, -0.15) is 5.10 Å². The molecule has 1 aromatic heterocycles. The quantitative estimate of drug-likeness (QED) is 0.829. The molecule has 5 heteroatoms. The van der Waals surface area contributed by atoms with Crippen LogP contribution >= 0.6 is 0 Å². The average Bonchev–Trinajstić information content (AvgIpc) is 2.84. The number of piperidine rings is 1. The first kappa shape index (κ1) is 13.3. The lowest BCUT2D eigenvalue weighted by atomic mass is 9.97. The molecule has 20 heavy (non-hydrogen) atoms. The van der Waals surface area contributed by atoms with Gasteiger partial charge in [0.05, 0.1) is 0 Å². The van der Waals surface area contributed by atoms with Crippen LogP contribution in [-0.2, 0) is 11.2 Å². The van der Waals surface area contributed by atoms with Crippen molar-refractivity contribution in [3.8, 4) is 0 Å². The summed E-state index contributed by atoms with van der Waals surface area (Å²) in [5.74, 6) is 0.257. The zero-order chi connectivity index (χ0) is 14.3. The average molecular weight is 275 g/mol. The Labute approximate surface area is 118 Å². The first-order valence-corrected chi connectivity index (χ1v) is 7.49. The highest BCUT2D eigenvalue weighted by atomic mass is 16.2. The number of ketones is 1. The van der Waals surface area contributed by atoms with Gasteiger partial charge >= 0.3 is 0 Å². The highest BCUT2D eigenvalue weighted by Gasteiger charge is 2.33. The van der Waals surface area contributed by atoms with Gasteiger partial charge in [-0.1, -0.05) is 0 Å². The third kappa shape index (κ3) is 2.15. The Hall–Kier alpha value is -1.65. The van der Waals surface area contributed by atoms with Crippen LogP contribution in [0.1, 0.15) is 61.6 Å². The monoisotopic (exact) mass is 275 g/mol. The maximum Gasteiger partial charge on any atom is 0.247 e. The Balaban J connectivity index is 1.89. The zero-order valence-electron chi connectivity index (χ0n) is 12.1. The molecule has 2 heterocycles. The van der Waals surface area contributed by atoms with Crippen molar-refractivity contribution in [2.24, 2.45) is 0 Å². The Morgan fingerprint density at radius 1 is 1.25 bits per heavy atom. The Morgan fingerprint density at radius 2 is 2.05 bits per heavy atom. The lowest BCUT2D eigenvalue weighted by molar-refractivity contribution is -0.139. The summed E-state index contributed by atoms with van der Waals surface area (Å²) < 4.78 is 1.74. The normalized spacial score (nSPS) is 23.4. The van der Waals surface area contributed by atoms with Gasteiger partial charge in [0.25, 0.3) is 0 Å². The van der Waals surface area contributed by atoms with Gasteiger partial charge in [0, 0.05) is 30.8 Å². The fraction of sp³-hybridized carbons (Fsp3) is 0.667. The molecule has 0 N–H and O–H groups in total.